The molecule has 0 saturated carbocycles. The lowest BCUT2D eigenvalue weighted by Crippen LogP contribution is -2.44. The normalized spacial score (nSPS) is 14.6. The van der Waals surface area contributed by atoms with Crippen LogP contribution in [0, 0.1) is 11.8 Å². The molecular weight excluding hydrogens is 485 g/mol. The second-order valence-corrected chi connectivity index (χ2v) is 8.79. The van der Waals surface area contributed by atoms with E-state index in [0.717, 1.165) is 19.2 Å². The number of carbonyl (C=O) groups is 1. The number of likely N-dealkylation sites (N-methyl/N-ethyl adjacent to an activating group) is 1. The molecule has 0 spiro atoms. The molecule has 3 aromatic rings. The van der Waals surface area contributed by atoms with Gasteiger partial charge < -0.3 is 16.0 Å². The maximum absolute atomic E-state index is 13.8. The zero-order valence-corrected chi connectivity index (χ0v) is 20.4. The van der Waals surface area contributed by atoms with Crippen LogP contribution in [0.2, 0.25) is 0 Å². The molecule has 1 aromatic carbocycles. The van der Waals surface area contributed by atoms with E-state index in [1.807, 2.05) is 11.9 Å². The topological polar surface area (TPSA) is 104 Å². The number of hydrogen-bond acceptors (Lipinski definition) is 6. The van der Waals surface area contributed by atoms with Crippen LogP contribution in [0.5, 0.6) is 0 Å². The number of benzene rings is 1. The maximum Gasteiger partial charge on any atom is 0.416 e. The van der Waals surface area contributed by atoms with Crippen LogP contribution in [-0.2, 0) is 19.8 Å². The highest BCUT2D eigenvalue weighted by atomic mass is 19.4. The maximum atomic E-state index is 13.8. The number of nitrogens with two attached hydrogens (primary N) is 1. The molecule has 9 nitrogen and oxygen atoms in total. The SMILES string of the molecule is CN1CCN(Cc2ccc(NC(=O)Nc3cc(C#Cc4ccnc(N)c4)n(C)n3)cc2C(F)(F)F)CC1. The van der Waals surface area contributed by atoms with Crippen LogP contribution in [0.15, 0.2) is 42.6 Å². The van der Waals surface area contributed by atoms with Crippen molar-refractivity contribution >= 4 is 23.4 Å². The fourth-order valence-corrected chi connectivity index (χ4v) is 3.89. The van der Waals surface area contributed by atoms with Crippen molar-refractivity contribution < 1.29 is 18.0 Å². The molecule has 1 saturated heterocycles. The molecule has 4 N–H and O–H groups in total. The van der Waals surface area contributed by atoms with Gasteiger partial charge in [0.25, 0.3) is 0 Å². The van der Waals surface area contributed by atoms with Gasteiger partial charge in [-0.1, -0.05) is 12.0 Å². The number of nitrogens with one attached hydrogen (secondary N) is 2. The fourth-order valence-electron chi connectivity index (χ4n) is 3.89. The molecule has 12 heteroatoms. The van der Waals surface area contributed by atoms with Crippen molar-refractivity contribution in [3.05, 3.63) is 65.0 Å². The lowest BCUT2D eigenvalue weighted by atomic mass is 10.0. The van der Waals surface area contributed by atoms with E-state index >= 15 is 0 Å². The number of carbonyl (C=O) groups excluding carboxylic acids is 1. The Morgan fingerprint density at radius 2 is 1.81 bits per heavy atom. The van der Waals surface area contributed by atoms with Crippen molar-refractivity contribution in [1.29, 1.82) is 0 Å². The third-order valence-electron chi connectivity index (χ3n) is 5.90. The van der Waals surface area contributed by atoms with Crippen molar-refractivity contribution in [3.63, 3.8) is 0 Å². The average Bonchev–Trinajstić information content (AvgIpc) is 3.18. The number of amides is 2. The van der Waals surface area contributed by atoms with Gasteiger partial charge in [-0.3, -0.25) is 14.9 Å². The van der Waals surface area contributed by atoms with Gasteiger partial charge in [-0.05, 0) is 42.8 Å². The van der Waals surface area contributed by atoms with E-state index < -0.39 is 17.8 Å². The molecule has 2 amide bonds. The molecule has 4 rings (SSSR count). The molecule has 3 heterocycles. The largest absolute Gasteiger partial charge is 0.416 e. The molecule has 2 aromatic heterocycles. The first-order chi connectivity index (χ1) is 17.6. The van der Waals surface area contributed by atoms with Crippen LogP contribution in [-0.4, -0.2) is 63.8 Å². The number of nitrogen functional groups attached to an aromatic ring is 1. The highest BCUT2D eigenvalue weighted by Crippen LogP contribution is 2.34. The van der Waals surface area contributed by atoms with Crippen molar-refractivity contribution in [2.24, 2.45) is 7.05 Å². The Morgan fingerprint density at radius 1 is 1.05 bits per heavy atom. The molecule has 0 aliphatic carbocycles. The second kappa shape index (κ2) is 10.9. The summed E-state index contributed by atoms with van der Waals surface area (Å²) < 4.78 is 42.9. The first kappa shape index (κ1) is 26.0. The minimum atomic E-state index is -4.55. The van der Waals surface area contributed by atoms with Gasteiger partial charge in [-0.2, -0.15) is 18.3 Å². The lowest BCUT2D eigenvalue weighted by Gasteiger charge is -2.33. The number of pyridine rings is 1. The number of hydrogen-bond donors (Lipinski definition) is 3. The predicted octanol–water partition coefficient (Wildman–Crippen LogP) is 3.21. The molecule has 194 valence electrons. The first-order valence-electron chi connectivity index (χ1n) is 11.5. The minimum absolute atomic E-state index is 0.0261. The van der Waals surface area contributed by atoms with Gasteiger partial charge in [0.1, 0.15) is 11.5 Å². The minimum Gasteiger partial charge on any atom is -0.384 e. The number of halogens is 3. The Morgan fingerprint density at radius 3 is 2.51 bits per heavy atom. The van der Waals surface area contributed by atoms with E-state index in [1.54, 1.807) is 31.4 Å². The monoisotopic (exact) mass is 512 g/mol. The lowest BCUT2D eigenvalue weighted by molar-refractivity contribution is -0.138. The van der Waals surface area contributed by atoms with Crippen LogP contribution in [0.1, 0.15) is 22.4 Å². The Hall–Kier alpha value is -4.08. The highest BCUT2D eigenvalue weighted by Gasteiger charge is 2.34. The van der Waals surface area contributed by atoms with E-state index in [1.165, 1.54) is 16.8 Å². The van der Waals surface area contributed by atoms with Crippen molar-refractivity contribution in [3.8, 4) is 11.8 Å². The Bertz CT molecular complexity index is 1330. The number of piperazine rings is 1. The summed E-state index contributed by atoms with van der Waals surface area (Å²) in [5.74, 6) is 6.40. The summed E-state index contributed by atoms with van der Waals surface area (Å²) in [6.45, 7) is 3.20. The van der Waals surface area contributed by atoms with Gasteiger partial charge in [-0.15, -0.1) is 0 Å². The third kappa shape index (κ3) is 6.99. The molecule has 1 aliphatic rings. The van der Waals surface area contributed by atoms with Crippen LogP contribution in [0.25, 0.3) is 0 Å². The smallest absolute Gasteiger partial charge is 0.384 e. The summed E-state index contributed by atoms with van der Waals surface area (Å²) in [7, 11) is 3.64. The highest BCUT2D eigenvalue weighted by molar-refractivity contribution is 5.99. The van der Waals surface area contributed by atoms with E-state index in [0.29, 0.717) is 30.2 Å². The van der Waals surface area contributed by atoms with Gasteiger partial charge in [0, 0.05) is 63.3 Å². The molecule has 0 unspecified atom stereocenters. The third-order valence-corrected chi connectivity index (χ3v) is 5.90. The number of aromatic nitrogens is 3. The molecule has 1 aliphatic heterocycles. The summed E-state index contributed by atoms with van der Waals surface area (Å²) in [4.78, 5) is 20.5. The van der Waals surface area contributed by atoms with Crippen molar-refractivity contribution in [2.45, 2.75) is 12.7 Å². The summed E-state index contributed by atoms with van der Waals surface area (Å²) >= 11 is 0. The first-order valence-corrected chi connectivity index (χ1v) is 11.5. The van der Waals surface area contributed by atoms with E-state index in [2.05, 4.69) is 37.5 Å². The fraction of sp³-hybridized carbons (Fsp3) is 0.320. The van der Waals surface area contributed by atoms with E-state index in [9.17, 15) is 18.0 Å². The molecule has 0 bridgehead atoms. The molecule has 37 heavy (non-hydrogen) atoms. The van der Waals surface area contributed by atoms with Crippen molar-refractivity contribution in [1.82, 2.24) is 24.6 Å². The van der Waals surface area contributed by atoms with Crippen LogP contribution < -0.4 is 16.4 Å². The Balaban J connectivity index is 1.43. The number of anilines is 3. The van der Waals surface area contributed by atoms with Crippen LogP contribution >= 0.6 is 0 Å². The zero-order valence-electron chi connectivity index (χ0n) is 20.4. The quantitative estimate of drug-likeness (QED) is 0.464. The Labute approximate surface area is 212 Å². The van der Waals surface area contributed by atoms with Gasteiger partial charge in [0.15, 0.2) is 5.82 Å². The average molecular weight is 513 g/mol. The van der Waals surface area contributed by atoms with Crippen LogP contribution in [0.4, 0.5) is 35.3 Å². The summed E-state index contributed by atoms with van der Waals surface area (Å²) in [6.07, 6.45) is -3.01. The van der Waals surface area contributed by atoms with Crippen LogP contribution in [0.3, 0.4) is 0 Å². The summed E-state index contributed by atoms with van der Waals surface area (Å²) in [6, 6.07) is 8.00. The van der Waals surface area contributed by atoms with Gasteiger partial charge in [-0.25, -0.2) is 9.78 Å². The summed E-state index contributed by atoms with van der Waals surface area (Å²) in [5.41, 5.74) is 6.26. The van der Waals surface area contributed by atoms with Gasteiger partial charge in [0.2, 0.25) is 0 Å². The summed E-state index contributed by atoms with van der Waals surface area (Å²) in [5, 5.41) is 9.16. The van der Waals surface area contributed by atoms with Gasteiger partial charge in [0.05, 0.1) is 5.56 Å². The van der Waals surface area contributed by atoms with E-state index in [-0.39, 0.29) is 23.6 Å². The standard InChI is InChI=1S/C25H27F3N8O/c1-34-9-11-36(12-10-34)16-18-4-5-19(14-21(18)25(26,27)28)31-24(37)32-23-15-20(35(2)33-23)6-3-17-7-8-30-22(29)13-17/h4-5,7-8,13-15H,9-12,16H2,1-2H3,(H2,29,30)(H2,31,32,33,37). The number of rotatable bonds is 4. The van der Waals surface area contributed by atoms with Gasteiger partial charge >= 0.3 is 12.2 Å². The molecule has 0 radical (unpaired) electrons. The molecular formula is C25H27F3N8O. The Kier molecular flexibility index (Phi) is 7.66. The second-order valence-electron chi connectivity index (χ2n) is 8.79. The predicted molar refractivity (Wildman–Crippen MR) is 135 cm³/mol. The number of alkyl halides is 3. The van der Waals surface area contributed by atoms with E-state index in [4.69, 9.17) is 5.73 Å². The number of nitrogens with zero attached hydrogens (tertiary/aromatic N) is 5. The number of aryl methyl sites for hydroxylation is 1. The molecule has 0 atom stereocenters. The zero-order chi connectivity index (χ0) is 26.6. The molecule has 1 fully saturated rings. The number of urea groups is 1. The van der Waals surface area contributed by atoms with Crippen molar-refractivity contribution in [2.75, 3.05) is 49.6 Å².